The minimum atomic E-state index is 1.28. The second-order valence-corrected chi connectivity index (χ2v) is 4.92. The van der Waals surface area contributed by atoms with Crippen LogP contribution < -0.4 is 0 Å². The van der Waals surface area contributed by atoms with E-state index in [1.165, 1.54) is 33.3 Å². The molecule has 0 aliphatic carbocycles. The molecule has 3 aromatic rings. The van der Waals surface area contributed by atoms with E-state index in [-0.39, 0.29) is 0 Å². The summed E-state index contributed by atoms with van der Waals surface area (Å²) < 4.78 is 2.29. The van der Waals surface area contributed by atoms with Crippen molar-refractivity contribution in [2.24, 2.45) is 7.05 Å². The summed E-state index contributed by atoms with van der Waals surface area (Å²) in [6.45, 7) is 4.36. The molecule has 2 aromatic carbocycles. The maximum Gasteiger partial charge on any atom is 0.0518 e. The average molecular weight is 235 g/mol. The van der Waals surface area contributed by atoms with Crippen LogP contribution in [0.1, 0.15) is 11.1 Å². The van der Waals surface area contributed by atoms with Crippen LogP contribution in [0.4, 0.5) is 0 Å². The number of nitrogens with zero attached hydrogens (tertiary/aromatic N) is 1. The van der Waals surface area contributed by atoms with Crippen LogP contribution in [0.3, 0.4) is 0 Å². The van der Waals surface area contributed by atoms with Crippen molar-refractivity contribution in [2.75, 3.05) is 0 Å². The van der Waals surface area contributed by atoms with Crippen molar-refractivity contribution in [1.29, 1.82) is 0 Å². The molecule has 0 amide bonds. The highest BCUT2D eigenvalue weighted by molar-refractivity contribution is 5.91. The van der Waals surface area contributed by atoms with Gasteiger partial charge < -0.3 is 4.57 Å². The summed E-state index contributed by atoms with van der Waals surface area (Å²) in [6, 6.07) is 17.3. The Hall–Kier alpha value is -2.02. The molecule has 0 unspecified atom stereocenters. The first kappa shape index (κ1) is 11.1. The maximum atomic E-state index is 2.29. The van der Waals surface area contributed by atoms with Gasteiger partial charge in [-0.1, -0.05) is 42.0 Å². The largest absolute Gasteiger partial charge is 0.343 e. The van der Waals surface area contributed by atoms with E-state index in [4.69, 9.17) is 0 Å². The minimum absolute atomic E-state index is 1.28. The topological polar surface area (TPSA) is 4.93 Å². The highest BCUT2D eigenvalue weighted by Crippen LogP contribution is 2.32. The molecule has 1 heteroatoms. The van der Waals surface area contributed by atoms with E-state index in [9.17, 15) is 0 Å². The lowest BCUT2D eigenvalue weighted by atomic mass is 10.1. The number of benzene rings is 2. The smallest absolute Gasteiger partial charge is 0.0518 e. The maximum absolute atomic E-state index is 2.29. The standard InChI is InChI=1S/C17H17N/c1-12-9-10-16-15(11-12)13(2)17(18(16)3)14-7-5-4-6-8-14/h4-11H,1-3H3. The lowest BCUT2D eigenvalue weighted by Gasteiger charge is -2.05. The summed E-state index contributed by atoms with van der Waals surface area (Å²) in [6.07, 6.45) is 0. The minimum Gasteiger partial charge on any atom is -0.343 e. The predicted octanol–water partition coefficient (Wildman–Crippen LogP) is 4.46. The lowest BCUT2D eigenvalue weighted by Crippen LogP contribution is -1.91. The summed E-state index contributed by atoms with van der Waals surface area (Å²) in [5, 5.41) is 1.36. The highest BCUT2D eigenvalue weighted by atomic mass is 14.9. The Morgan fingerprint density at radius 2 is 1.61 bits per heavy atom. The van der Waals surface area contributed by atoms with Gasteiger partial charge in [0, 0.05) is 18.0 Å². The van der Waals surface area contributed by atoms with E-state index >= 15 is 0 Å². The molecular weight excluding hydrogens is 218 g/mol. The molecule has 1 aromatic heterocycles. The number of aryl methyl sites for hydroxylation is 3. The van der Waals surface area contributed by atoms with Gasteiger partial charge in [-0.2, -0.15) is 0 Å². The molecule has 0 saturated carbocycles. The summed E-state index contributed by atoms with van der Waals surface area (Å²) >= 11 is 0. The van der Waals surface area contributed by atoms with Crippen molar-refractivity contribution in [3.63, 3.8) is 0 Å². The van der Waals surface area contributed by atoms with Crippen LogP contribution in [0.5, 0.6) is 0 Å². The van der Waals surface area contributed by atoms with Crippen LogP contribution in [0.2, 0.25) is 0 Å². The van der Waals surface area contributed by atoms with Gasteiger partial charge in [0.1, 0.15) is 0 Å². The van der Waals surface area contributed by atoms with Crippen LogP contribution in [0.25, 0.3) is 22.2 Å². The second-order valence-electron chi connectivity index (χ2n) is 4.92. The third-order valence-corrected chi connectivity index (χ3v) is 3.66. The molecule has 0 atom stereocenters. The first-order valence-corrected chi connectivity index (χ1v) is 6.29. The van der Waals surface area contributed by atoms with E-state index < -0.39 is 0 Å². The molecule has 0 bridgehead atoms. The van der Waals surface area contributed by atoms with Crippen molar-refractivity contribution >= 4 is 10.9 Å². The SMILES string of the molecule is Cc1ccc2c(c1)c(C)c(-c1ccccc1)n2C. The number of fused-ring (bicyclic) bond motifs is 1. The van der Waals surface area contributed by atoms with E-state index in [2.05, 4.69) is 74.0 Å². The molecule has 0 N–H and O–H groups in total. The fraction of sp³-hybridized carbons (Fsp3) is 0.176. The Kier molecular flexibility index (Phi) is 2.48. The zero-order valence-electron chi connectivity index (χ0n) is 11.1. The fourth-order valence-electron chi connectivity index (χ4n) is 2.75. The Morgan fingerprint density at radius 3 is 2.33 bits per heavy atom. The van der Waals surface area contributed by atoms with E-state index in [0.717, 1.165) is 0 Å². The first-order chi connectivity index (χ1) is 8.68. The monoisotopic (exact) mass is 235 g/mol. The van der Waals surface area contributed by atoms with Crippen LogP contribution in [0.15, 0.2) is 48.5 Å². The normalized spacial score (nSPS) is 11.1. The van der Waals surface area contributed by atoms with Crippen molar-refractivity contribution in [3.8, 4) is 11.3 Å². The number of hydrogen-bond acceptors (Lipinski definition) is 0. The van der Waals surface area contributed by atoms with Gasteiger partial charge in [0.2, 0.25) is 0 Å². The average Bonchev–Trinajstić information content (AvgIpc) is 2.63. The van der Waals surface area contributed by atoms with Crippen LogP contribution in [-0.2, 0) is 7.05 Å². The molecule has 0 aliphatic heterocycles. The lowest BCUT2D eigenvalue weighted by molar-refractivity contribution is 0.973. The molecule has 0 saturated heterocycles. The fourth-order valence-corrected chi connectivity index (χ4v) is 2.75. The molecule has 0 spiro atoms. The Labute approximate surface area is 108 Å². The molecule has 1 heterocycles. The zero-order valence-corrected chi connectivity index (χ0v) is 11.1. The molecule has 3 rings (SSSR count). The second kappa shape index (κ2) is 4.02. The summed E-state index contributed by atoms with van der Waals surface area (Å²) in [4.78, 5) is 0. The van der Waals surface area contributed by atoms with Crippen LogP contribution >= 0.6 is 0 Å². The van der Waals surface area contributed by atoms with Crippen molar-refractivity contribution in [1.82, 2.24) is 4.57 Å². The quantitative estimate of drug-likeness (QED) is 0.586. The number of aromatic nitrogens is 1. The summed E-state index contributed by atoms with van der Waals surface area (Å²) in [7, 11) is 2.15. The third-order valence-electron chi connectivity index (χ3n) is 3.66. The van der Waals surface area contributed by atoms with Gasteiger partial charge in [0.05, 0.1) is 5.69 Å². The van der Waals surface area contributed by atoms with E-state index in [1.807, 2.05) is 0 Å². The summed E-state index contributed by atoms with van der Waals surface area (Å²) in [5.74, 6) is 0. The molecule has 18 heavy (non-hydrogen) atoms. The van der Waals surface area contributed by atoms with Gasteiger partial charge >= 0.3 is 0 Å². The molecule has 90 valence electrons. The molecular formula is C17H17N. The Morgan fingerprint density at radius 1 is 0.889 bits per heavy atom. The van der Waals surface area contributed by atoms with Crippen LogP contribution in [-0.4, -0.2) is 4.57 Å². The van der Waals surface area contributed by atoms with Gasteiger partial charge in [0.25, 0.3) is 0 Å². The van der Waals surface area contributed by atoms with Crippen LogP contribution in [0, 0.1) is 13.8 Å². The number of hydrogen-bond donors (Lipinski definition) is 0. The highest BCUT2D eigenvalue weighted by Gasteiger charge is 2.12. The van der Waals surface area contributed by atoms with Crippen molar-refractivity contribution in [2.45, 2.75) is 13.8 Å². The zero-order chi connectivity index (χ0) is 12.7. The molecule has 1 nitrogen and oxygen atoms in total. The molecule has 0 aliphatic rings. The van der Waals surface area contributed by atoms with Gasteiger partial charge in [-0.25, -0.2) is 0 Å². The van der Waals surface area contributed by atoms with Gasteiger partial charge in [-0.3, -0.25) is 0 Å². The third kappa shape index (κ3) is 1.55. The first-order valence-electron chi connectivity index (χ1n) is 6.29. The van der Waals surface area contributed by atoms with Crippen molar-refractivity contribution < 1.29 is 0 Å². The van der Waals surface area contributed by atoms with Gasteiger partial charge in [0.15, 0.2) is 0 Å². The number of rotatable bonds is 1. The molecule has 0 fully saturated rings. The molecule has 0 radical (unpaired) electrons. The Balaban J connectivity index is 2.37. The van der Waals surface area contributed by atoms with Gasteiger partial charge in [-0.15, -0.1) is 0 Å². The summed E-state index contributed by atoms with van der Waals surface area (Å²) in [5.41, 5.74) is 6.58. The van der Waals surface area contributed by atoms with Gasteiger partial charge in [-0.05, 0) is 37.1 Å². The predicted molar refractivity (Wildman–Crippen MR) is 77.8 cm³/mol. The Bertz CT molecular complexity index is 705. The van der Waals surface area contributed by atoms with E-state index in [0.29, 0.717) is 0 Å². The van der Waals surface area contributed by atoms with Crippen molar-refractivity contribution in [3.05, 3.63) is 59.7 Å². The van der Waals surface area contributed by atoms with E-state index in [1.54, 1.807) is 0 Å².